The minimum Gasteiger partial charge on any atom is -0.325 e. The van der Waals surface area contributed by atoms with Gasteiger partial charge in [0.15, 0.2) is 5.82 Å². The van der Waals surface area contributed by atoms with Gasteiger partial charge in [0.25, 0.3) is 0 Å². The predicted molar refractivity (Wildman–Crippen MR) is 112 cm³/mol. The summed E-state index contributed by atoms with van der Waals surface area (Å²) in [5.41, 5.74) is 2.53. The Labute approximate surface area is 175 Å². The SMILES string of the molecule is CCC1(C)C(=O)N(CC(=O)Nc2ccc(-c3nnn[nH]3)cc2)c2ccc(Br)cc21. The largest absolute Gasteiger partial charge is 0.325 e. The number of hydrogen-bond donors (Lipinski definition) is 2. The van der Waals surface area contributed by atoms with E-state index >= 15 is 0 Å². The Kier molecular flexibility index (Phi) is 4.91. The number of amides is 2. The molecule has 0 saturated carbocycles. The molecule has 2 N–H and O–H groups in total. The van der Waals surface area contributed by atoms with Crippen LogP contribution in [0.15, 0.2) is 46.9 Å². The lowest BCUT2D eigenvalue weighted by atomic mass is 9.81. The number of nitrogens with one attached hydrogen (secondary N) is 2. The summed E-state index contributed by atoms with van der Waals surface area (Å²) in [4.78, 5) is 27.3. The summed E-state index contributed by atoms with van der Waals surface area (Å²) in [6, 6.07) is 12.9. The van der Waals surface area contributed by atoms with Crippen molar-refractivity contribution in [3.63, 3.8) is 0 Å². The van der Waals surface area contributed by atoms with E-state index in [9.17, 15) is 9.59 Å². The van der Waals surface area contributed by atoms with E-state index in [-0.39, 0.29) is 18.4 Å². The first-order chi connectivity index (χ1) is 13.9. The summed E-state index contributed by atoms with van der Waals surface area (Å²) < 4.78 is 0.914. The van der Waals surface area contributed by atoms with Crippen LogP contribution in [0.2, 0.25) is 0 Å². The summed E-state index contributed by atoms with van der Waals surface area (Å²) in [5.74, 6) is 0.227. The van der Waals surface area contributed by atoms with Crippen molar-refractivity contribution in [2.45, 2.75) is 25.7 Å². The average Bonchev–Trinajstić information content (AvgIpc) is 3.32. The highest BCUT2D eigenvalue weighted by molar-refractivity contribution is 9.10. The van der Waals surface area contributed by atoms with Gasteiger partial charge in [-0.05, 0) is 71.8 Å². The molecule has 0 aliphatic carbocycles. The number of carbonyl (C=O) groups excluding carboxylic acids is 2. The molecule has 2 heterocycles. The first-order valence-corrected chi connectivity index (χ1v) is 9.97. The molecule has 1 aromatic heterocycles. The topological polar surface area (TPSA) is 104 Å². The van der Waals surface area contributed by atoms with Crippen molar-refractivity contribution in [2.75, 3.05) is 16.8 Å². The summed E-state index contributed by atoms with van der Waals surface area (Å²) in [6.07, 6.45) is 0.658. The van der Waals surface area contributed by atoms with Gasteiger partial charge in [0.2, 0.25) is 11.8 Å². The van der Waals surface area contributed by atoms with Crippen LogP contribution in [0.1, 0.15) is 25.8 Å². The van der Waals surface area contributed by atoms with Crippen LogP contribution in [-0.4, -0.2) is 39.0 Å². The predicted octanol–water partition coefficient (Wildman–Crippen LogP) is 3.28. The Morgan fingerprint density at radius 3 is 2.66 bits per heavy atom. The number of carbonyl (C=O) groups is 2. The molecule has 1 aliphatic rings. The number of hydrogen-bond acceptors (Lipinski definition) is 5. The number of aromatic amines is 1. The zero-order valence-electron chi connectivity index (χ0n) is 15.9. The molecule has 2 aromatic carbocycles. The number of tetrazole rings is 1. The maximum absolute atomic E-state index is 13.1. The second kappa shape index (κ2) is 7.40. The third-order valence-corrected chi connectivity index (χ3v) is 5.85. The number of H-pyrrole nitrogens is 1. The van der Waals surface area contributed by atoms with Crippen molar-refractivity contribution in [2.24, 2.45) is 0 Å². The monoisotopic (exact) mass is 454 g/mol. The zero-order chi connectivity index (χ0) is 20.6. The van der Waals surface area contributed by atoms with Crippen LogP contribution in [0.25, 0.3) is 11.4 Å². The first kappa shape index (κ1) is 19.3. The van der Waals surface area contributed by atoms with Crippen LogP contribution in [0.3, 0.4) is 0 Å². The molecule has 0 radical (unpaired) electrons. The van der Waals surface area contributed by atoms with Gasteiger partial charge in [-0.25, -0.2) is 5.10 Å². The molecule has 2 amide bonds. The Hall–Kier alpha value is -3.07. The lowest BCUT2D eigenvalue weighted by molar-refractivity contribution is -0.124. The Morgan fingerprint density at radius 2 is 2.00 bits per heavy atom. The normalized spacial score (nSPS) is 18.0. The van der Waals surface area contributed by atoms with Gasteiger partial charge >= 0.3 is 0 Å². The summed E-state index contributed by atoms with van der Waals surface area (Å²) in [7, 11) is 0. The van der Waals surface area contributed by atoms with Gasteiger partial charge in [-0.2, -0.15) is 0 Å². The third-order valence-electron chi connectivity index (χ3n) is 5.36. The zero-order valence-corrected chi connectivity index (χ0v) is 17.5. The summed E-state index contributed by atoms with van der Waals surface area (Å²) >= 11 is 3.48. The van der Waals surface area contributed by atoms with Crippen molar-refractivity contribution in [3.8, 4) is 11.4 Å². The molecule has 0 spiro atoms. The molecular formula is C20H19BrN6O2. The van der Waals surface area contributed by atoms with Crippen LogP contribution in [0, 0.1) is 0 Å². The van der Waals surface area contributed by atoms with Gasteiger partial charge in [-0.1, -0.05) is 22.9 Å². The molecule has 0 fully saturated rings. The van der Waals surface area contributed by atoms with Crippen molar-refractivity contribution in [1.29, 1.82) is 0 Å². The molecule has 1 unspecified atom stereocenters. The summed E-state index contributed by atoms with van der Waals surface area (Å²) in [5, 5.41) is 16.5. The fourth-order valence-electron chi connectivity index (χ4n) is 3.54. The van der Waals surface area contributed by atoms with E-state index in [1.165, 1.54) is 0 Å². The fourth-order valence-corrected chi connectivity index (χ4v) is 3.90. The van der Waals surface area contributed by atoms with Gasteiger partial charge in [0.1, 0.15) is 6.54 Å². The Balaban J connectivity index is 1.51. The number of nitrogens with zero attached hydrogens (tertiary/aromatic N) is 4. The van der Waals surface area contributed by atoms with E-state index in [0.29, 0.717) is 17.9 Å². The van der Waals surface area contributed by atoms with Crippen LogP contribution in [0.4, 0.5) is 11.4 Å². The van der Waals surface area contributed by atoms with Gasteiger partial charge in [-0.15, -0.1) is 5.10 Å². The smallest absolute Gasteiger partial charge is 0.244 e. The minimum atomic E-state index is -0.633. The number of halogens is 1. The highest BCUT2D eigenvalue weighted by Crippen LogP contribution is 2.44. The molecule has 1 atom stereocenters. The number of fused-ring (bicyclic) bond motifs is 1. The molecule has 9 heteroatoms. The molecule has 1 aliphatic heterocycles. The lowest BCUT2D eigenvalue weighted by Crippen LogP contribution is -2.41. The van der Waals surface area contributed by atoms with E-state index in [2.05, 4.69) is 41.9 Å². The number of rotatable bonds is 5. The van der Waals surface area contributed by atoms with Crippen molar-refractivity contribution < 1.29 is 9.59 Å². The molecule has 4 rings (SSSR count). The molecule has 148 valence electrons. The van der Waals surface area contributed by atoms with E-state index in [1.807, 2.05) is 32.0 Å². The van der Waals surface area contributed by atoms with Gasteiger partial charge in [-0.3, -0.25) is 9.59 Å². The molecule has 0 bridgehead atoms. The second-order valence-corrected chi connectivity index (χ2v) is 8.03. The number of benzene rings is 2. The van der Waals surface area contributed by atoms with Crippen LogP contribution in [-0.2, 0) is 15.0 Å². The lowest BCUT2D eigenvalue weighted by Gasteiger charge is -2.22. The van der Waals surface area contributed by atoms with Gasteiger partial charge in [0.05, 0.1) is 5.41 Å². The molecule has 0 saturated heterocycles. The minimum absolute atomic E-state index is 0.0448. The first-order valence-electron chi connectivity index (χ1n) is 9.18. The van der Waals surface area contributed by atoms with Gasteiger partial charge in [0, 0.05) is 21.4 Å². The third kappa shape index (κ3) is 3.42. The number of anilines is 2. The maximum atomic E-state index is 13.1. The highest BCUT2D eigenvalue weighted by atomic mass is 79.9. The fraction of sp³-hybridized carbons (Fsp3) is 0.250. The van der Waals surface area contributed by atoms with Crippen molar-refractivity contribution >= 4 is 39.1 Å². The average molecular weight is 455 g/mol. The molecule has 29 heavy (non-hydrogen) atoms. The van der Waals surface area contributed by atoms with E-state index in [0.717, 1.165) is 21.3 Å². The summed E-state index contributed by atoms with van der Waals surface area (Å²) in [6.45, 7) is 3.87. The Morgan fingerprint density at radius 1 is 1.24 bits per heavy atom. The highest BCUT2D eigenvalue weighted by Gasteiger charge is 2.46. The molecule has 3 aromatic rings. The van der Waals surface area contributed by atoms with Crippen LogP contribution < -0.4 is 10.2 Å². The standard InChI is InChI=1S/C20H19BrN6O2/c1-3-20(2)15-10-13(21)6-9-16(15)27(19(20)29)11-17(28)22-14-7-4-12(5-8-14)18-23-25-26-24-18/h4-10H,3,11H2,1-2H3,(H,22,28)(H,23,24,25,26). The quantitative estimate of drug-likeness (QED) is 0.615. The van der Waals surface area contributed by atoms with Crippen LogP contribution in [0.5, 0.6) is 0 Å². The van der Waals surface area contributed by atoms with Gasteiger partial charge < -0.3 is 10.2 Å². The maximum Gasteiger partial charge on any atom is 0.244 e. The van der Waals surface area contributed by atoms with E-state index in [4.69, 9.17) is 0 Å². The van der Waals surface area contributed by atoms with E-state index in [1.54, 1.807) is 29.2 Å². The molecule has 8 nitrogen and oxygen atoms in total. The number of aromatic nitrogens is 4. The van der Waals surface area contributed by atoms with Crippen LogP contribution >= 0.6 is 15.9 Å². The van der Waals surface area contributed by atoms with Crippen molar-refractivity contribution in [1.82, 2.24) is 20.6 Å². The molecular weight excluding hydrogens is 436 g/mol. The van der Waals surface area contributed by atoms with Crippen molar-refractivity contribution in [3.05, 3.63) is 52.5 Å². The van der Waals surface area contributed by atoms with E-state index < -0.39 is 5.41 Å². The second-order valence-electron chi connectivity index (χ2n) is 7.11. The Bertz CT molecular complexity index is 1070.